The molecule has 1 aromatic rings. The van der Waals surface area contributed by atoms with Crippen LogP contribution < -0.4 is 5.73 Å². The second-order valence-electron chi connectivity index (χ2n) is 2.62. The highest BCUT2D eigenvalue weighted by Crippen LogP contribution is 2.33. The third kappa shape index (κ3) is 1.33. The summed E-state index contributed by atoms with van der Waals surface area (Å²) in [5.41, 5.74) is 5.43. The second kappa shape index (κ2) is 2.98. The molecule has 0 aliphatic carbocycles. The molecule has 0 saturated heterocycles. The number of hydrogen-bond acceptors (Lipinski definition) is 3. The fourth-order valence-corrected chi connectivity index (χ4v) is 1.02. The van der Waals surface area contributed by atoms with E-state index in [0.717, 1.165) is 12.1 Å². The molecule has 0 unspecified atom stereocenters. The minimum absolute atomic E-state index is 0.0370. The Morgan fingerprint density at radius 3 is 2.42 bits per heavy atom. The maximum Gasteiger partial charge on any atom is 0.165 e. The van der Waals surface area contributed by atoms with Crippen molar-refractivity contribution >= 4 is 0 Å². The van der Waals surface area contributed by atoms with Gasteiger partial charge in [-0.1, -0.05) is 0 Å². The third-order valence-corrected chi connectivity index (χ3v) is 1.60. The van der Waals surface area contributed by atoms with Crippen LogP contribution in [-0.4, -0.2) is 10.2 Å². The summed E-state index contributed by atoms with van der Waals surface area (Å²) >= 11 is 0. The van der Waals surface area contributed by atoms with Gasteiger partial charge in [0.25, 0.3) is 0 Å². The topological polar surface area (TPSA) is 66.5 Å². The molecule has 0 saturated carbocycles. The minimum Gasteiger partial charge on any atom is -0.507 e. The van der Waals surface area contributed by atoms with E-state index in [1.807, 2.05) is 0 Å². The van der Waals surface area contributed by atoms with Crippen LogP contribution in [0, 0.1) is 5.82 Å². The van der Waals surface area contributed by atoms with Crippen molar-refractivity contribution < 1.29 is 14.6 Å². The molecule has 1 atom stereocenters. The average Bonchev–Trinajstić information content (AvgIpc) is 1.97. The summed E-state index contributed by atoms with van der Waals surface area (Å²) < 4.78 is 12.7. The molecule has 66 valence electrons. The highest BCUT2D eigenvalue weighted by molar-refractivity contribution is 5.45. The van der Waals surface area contributed by atoms with Crippen molar-refractivity contribution in [3.05, 3.63) is 23.5 Å². The summed E-state index contributed by atoms with van der Waals surface area (Å²) in [4.78, 5) is 0. The van der Waals surface area contributed by atoms with Gasteiger partial charge in [0, 0.05) is 6.04 Å². The van der Waals surface area contributed by atoms with Crippen LogP contribution in [0.2, 0.25) is 0 Å². The Labute approximate surface area is 69.3 Å². The van der Waals surface area contributed by atoms with Gasteiger partial charge in [-0.2, -0.15) is 0 Å². The average molecular weight is 171 g/mol. The molecule has 1 aromatic carbocycles. The van der Waals surface area contributed by atoms with Crippen molar-refractivity contribution in [1.29, 1.82) is 0 Å². The molecule has 4 heteroatoms. The highest BCUT2D eigenvalue weighted by Gasteiger charge is 2.14. The Morgan fingerprint density at radius 2 is 2.00 bits per heavy atom. The van der Waals surface area contributed by atoms with E-state index in [9.17, 15) is 9.50 Å². The molecular formula is C8H10FNO2. The van der Waals surface area contributed by atoms with Crippen LogP contribution in [0.1, 0.15) is 18.5 Å². The van der Waals surface area contributed by atoms with Gasteiger partial charge in [-0.3, -0.25) is 0 Å². The number of phenolic OH excluding ortho intramolecular Hbond substituents is 2. The maximum absolute atomic E-state index is 12.7. The van der Waals surface area contributed by atoms with Crippen LogP contribution in [0.4, 0.5) is 4.39 Å². The Kier molecular flexibility index (Phi) is 2.19. The van der Waals surface area contributed by atoms with Gasteiger partial charge in [0.2, 0.25) is 0 Å². The molecule has 0 aliphatic heterocycles. The largest absolute Gasteiger partial charge is 0.507 e. The first kappa shape index (κ1) is 8.80. The maximum atomic E-state index is 12.7. The summed E-state index contributed by atoms with van der Waals surface area (Å²) in [5, 5.41) is 18.3. The Balaban J connectivity index is 3.33. The molecule has 12 heavy (non-hydrogen) atoms. The highest BCUT2D eigenvalue weighted by atomic mass is 19.1. The van der Waals surface area contributed by atoms with Crippen LogP contribution >= 0.6 is 0 Å². The smallest absolute Gasteiger partial charge is 0.165 e. The van der Waals surface area contributed by atoms with E-state index in [1.54, 1.807) is 6.92 Å². The normalized spacial score (nSPS) is 12.9. The zero-order valence-corrected chi connectivity index (χ0v) is 6.58. The number of benzene rings is 1. The van der Waals surface area contributed by atoms with E-state index in [2.05, 4.69) is 0 Å². The Morgan fingerprint density at radius 1 is 1.42 bits per heavy atom. The van der Waals surface area contributed by atoms with Crippen LogP contribution in [-0.2, 0) is 0 Å². The van der Waals surface area contributed by atoms with E-state index in [0.29, 0.717) is 0 Å². The Hall–Kier alpha value is -1.29. The van der Waals surface area contributed by atoms with Gasteiger partial charge >= 0.3 is 0 Å². The molecule has 0 bridgehead atoms. The third-order valence-electron chi connectivity index (χ3n) is 1.60. The van der Waals surface area contributed by atoms with Gasteiger partial charge in [0.05, 0.1) is 5.56 Å². The lowest BCUT2D eigenvalue weighted by molar-refractivity contribution is 0.403. The van der Waals surface area contributed by atoms with Gasteiger partial charge in [0.15, 0.2) is 11.6 Å². The first-order valence-electron chi connectivity index (χ1n) is 3.50. The molecule has 0 spiro atoms. The number of nitrogens with two attached hydrogens (primary N) is 1. The van der Waals surface area contributed by atoms with Gasteiger partial charge in [-0.15, -0.1) is 0 Å². The standard InChI is InChI=1S/C8H10FNO2/c1-4(10)7-6(11)3-2-5(9)8(7)12/h2-4,11-12H,10H2,1H3/t4-/m1/s1. The van der Waals surface area contributed by atoms with E-state index >= 15 is 0 Å². The molecule has 3 nitrogen and oxygen atoms in total. The summed E-state index contributed by atoms with van der Waals surface area (Å²) in [6.45, 7) is 1.55. The number of phenols is 2. The Bertz CT molecular complexity index is 299. The zero-order valence-electron chi connectivity index (χ0n) is 6.58. The summed E-state index contributed by atoms with van der Waals surface area (Å²) in [5.74, 6) is -1.55. The summed E-state index contributed by atoms with van der Waals surface area (Å²) in [7, 11) is 0. The van der Waals surface area contributed by atoms with Crippen molar-refractivity contribution in [2.45, 2.75) is 13.0 Å². The predicted octanol–water partition coefficient (Wildman–Crippen LogP) is 1.26. The van der Waals surface area contributed by atoms with Crippen molar-refractivity contribution in [2.24, 2.45) is 5.73 Å². The van der Waals surface area contributed by atoms with Crippen LogP contribution in [0.15, 0.2) is 12.1 Å². The van der Waals surface area contributed by atoms with Crippen molar-refractivity contribution in [2.75, 3.05) is 0 Å². The lowest BCUT2D eigenvalue weighted by atomic mass is 10.1. The monoisotopic (exact) mass is 171 g/mol. The van der Waals surface area contributed by atoms with Gasteiger partial charge in [-0.25, -0.2) is 4.39 Å². The van der Waals surface area contributed by atoms with Gasteiger partial charge in [-0.05, 0) is 19.1 Å². The predicted molar refractivity (Wildman–Crippen MR) is 42.3 cm³/mol. The molecule has 0 fully saturated rings. The van der Waals surface area contributed by atoms with Crippen LogP contribution in [0.25, 0.3) is 0 Å². The number of aromatic hydroxyl groups is 2. The SMILES string of the molecule is C[C@@H](N)c1c(O)ccc(F)c1O. The van der Waals surface area contributed by atoms with E-state index in [1.165, 1.54) is 0 Å². The van der Waals surface area contributed by atoms with Crippen molar-refractivity contribution in [3.63, 3.8) is 0 Å². The molecule has 0 aromatic heterocycles. The van der Waals surface area contributed by atoms with Crippen LogP contribution in [0.3, 0.4) is 0 Å². The zero-order chi connectivity index (χ0) is 9.30. The molecule has 0 amide bonds. The number of rotatable bonds is 1. The first-order valence-corrected chi connectivity index (χ1v) is 3.50. The van der Waals surface area contributed by atoms with Gasteiger partial charge in [0.1, 0.15) is 5.75 Å². The fraction of sp³-hybridized carbons (Fsp3) is 0.250. The molecular weight excluding hydrogens is 161 g/mol. The van der Waals surface area contributed by atoms with Crippen LogP contribution in [0.5, 0.6) is 11.5 Å². The van der Waals surface area contributed by atoms with Gasteiger partial charge < -0.3 is 15.9 Å². The molecule has 1 rings (SSSR count). The molecule has 4 N–H and O–H groups in total. The first-order chi connectivity index (χ1) is 5.54. The summed E-state index contributed by atoms with van der Waals surface area (Å²) in [6, 6.07) is 1.55. The quantitative estimate of drug-likeness (QED) is 0.595. The molecule has 0 heterocycles. The summed E-state index contributed by atoms with van der Waals surface area (Å²) in [6.07, 6.45) is 0. The van der Waals surface area contributed by atoms with E-state index in [-0.39, 0.29) is 11.3 Å². The minimum atomic E-state index is -0.778. The lowest BCUT2D eigenvalue weighted by Crippen LogP contribution is -2.06. The molecule has 0 aliphatic rings. The fourth-order valence-electron chi connectivity index (χ4n) is 1.02. The number of halogens is 1. The van der Waals surface area contributed by atoms with E-state index in [4.69, 9.17) is 10.8 Å². The lowest BCUT2D eigenvalue weighted by Gasteiger charge is -2.10. The van der Waals surface area contributed by atoms with Crippen molar-refractivity contribution in [3.8, 4) is 11.5 Å². The van der Waals surface area contributed by atoms with Crippen molar-refractivity contribution in [1.82, 2.24) is 0 Å². The molecule has 0 radical (unpaired) electrons. The second-order valence-corrected chi connectivity index (χ2v) is 2.62. The number of hydrogen-bond donors (Lipinski definition) is 3. The van der Waals surface area contributed by atoms with E-state index < -0.39 is 17.6 Å².